The van der Waals surface area contributed by atoms with Gasteiger partial charge in [0, 0.05) is 17.7 Å². The summed E-state index contributed by atoms with van der Waals surface area (Å²) in [5, 5.41) is 21.4. The minimum Gasteiger partial charge on any atom is -0.489 e. The first-order valence-electron chi connectivity index (χ1n) is 7.34. The van der Waals surface area contributed by atoms with Gasteiger partial charge in [-0.1, -0.05) is 36.9 Å². The van der Waals surface area contributed by atoms with Crippen LogP contribution in [-0.2, 0) is 16.1 Å². The standard InChI is InChI=1S/C18H17NO6/c1-12(18(21)24-2)17(20)15-10-14(19(22)23)8-9-16(15)25-11-13-6-4-3-5-7-13/h3-10,17,20H,1,11H2,2H3. The van der Waals surface area contributed by atoms with Gasteiger partial charge in [0.15, 0.2) is 0 Å². The molecule has 0 aliphatic rings. The van der Waals surface area contributed by atoms with E-state index in [0.29, 0.717) is 0 Å². The Morgan fingerprint density at radius 1 is 1.28 bits per heavy atom. The van der Waals surface area contributed by atoms with Crippen molar-refractivity contribution < 1.29 is 24.3 Å². The Bertz CT molecular complexity index is 787. The van der Waals surface area contributed by atoms with Crippen LogP contribution in [0.3, 0.4) is 0 Å². The lowest BCUT2D eigenvalue weighted by Gasteiger charge is -2.17. The van der Waals surface area contributed by atoms with Crippen molar-refractivity contribution in [2.75, 3.05) is 7.11 Å². The van der Waals surface area contributed by atoms with Crippen LogP contribution < -0.4 is 4.74 Å². The van der Waals surface area contributed by atoms with Crippen LogP contribution in [0.5, 0.6) is 5.75 Å². The van der Waals surface area contributed by atoms with Gasteiger partial charge >= 0.3 is 5.97 Å². The van der Waals surface area contributed by atoms with Gasteiger partial charge in [-0.15, -0.1) is 0 Å². The zero-order chi connectivity index (χ0) is 18.4. The summed E-state index contributed by atoms with van der Waals surface area (Å²) < 4.78 is 10.2. The Balaban J connectivity index is 2.33. The number of aliphatic hydroxyl groups is 1. The molecule has 0 radical (unpaired) electrons. The number of esters is 1. The molecule has 2 aromatic carbocycles. The molecule has 25 heavy (non-hydrogen) atoms. The number of methoxy groups -OCH3 is 1. The molecule has 2 aromatic rings. The fraction of sp³-hybridized carbons (Fsp3) is 0.167. The summed E-state index contributed by atoms with van der Waals surface area (Å²) >= 11 is 0. The summed E-state index contributed by atoms with van der Waals surface area (Å²) in [4.78, 5) is 22.0. The number of nitro benzene ring substituents is 1. The first-order valence-corrected chi connectivity index (χ1v) is 7.34. The second-order valence-corrected chi connectivity index (χ2v) is 5.17. The van der Waals surface area contributed by atoms with E-state index in [1.165, 1.54) is 12.1 Å². The Morgan fingerprint density at radius 3 is 2.56 bits per heavy atom. The van der Waals surface area contributed by atoms with Gasteiger partial charge in [0.05, 0.1) is 17.6 Å². The monoisotopic (exact) mass is 343 g/mol. The zero-order valence-corrected chi connectivity index (χ0v) is 13.5. The van der Waals surface area contributed by atoms with Crippen LogP contribution in [0.1, 0.15) is 17.2 Å². The number of hydrogen-bond acceptors (Lipinski definition) is 6. The number of non-ortho nitro benzene ring substituents is 1. The lowest BCUT2D eigenvalue weighted by atomic mass is 10.0. The molecule has 130 valence electrons. The summed E-state index contributed by atoms with van der Waals surface area (Å²) in [5.41, 5.74) is 0.472. The summed E-state index contributed by atoms with van der Waals surface area (Å²) in [6.45, 7) is 3.68. The molecular formula is C18H17NO6. The first kappa shape index (κ1) is 18.2. The van der Waals surface area contributed by atoms with E-state index in [4.69, 9.17) is 4.74 Å². The molecule has 1 atom stereocenters. The summed E-state index contributed by atoms with van der Waals surface area (Å²) in [7, 11) is 1.15. The number of carbonyl (C=O) groups excluding carboxylic acids is 1. The van der Waals surface area contributed by atoms with Crippen LogP contribution in [0.15, 0.2) is 60.7 Å². The molecule has 0 aliphatic heterocycles. The van der Waals surface area contributed by atoms with Crippen LogP contribution in [0.2, 0.25) is 0 Å². The molecule has 0 aromatic heterocycles. The van der Waals surface area contributed by atoms with Gasteiger partial charge < -0.3 is 14.6 Å². The average Bonchev–Trinajstić information content (AvgIpc) is 2.65. The molecule has 0 spiro atoms. The van der Waals surface area contributed by atoms with Crippen LogP contribution in [0, 0.1) is 10.1 Å². The second kappa shape index (κ2) is 8.07. The van der Waals surface area contributed by atoms with Crippen molar-refractivity contribution in [3.63, 3.8) is 0 Å². The van der Waals surface area contributed by atoms with Crippen molar-refractivity contribution in [3.8, 4) is 5.75 Å². The van der Waals surface area contributed by atoms with Crippen LogP contribution in [-0.4, -0.2) is 23.1 Å². The minimum absolute atomic E-state index is 0.0699. The highest BCUT2D eigenvalue weighted by molar-refractivity contribution is 5.89. The van der Waals surface area contributed by atoms with Gasteiger partial charge in [0.1, 0.15) is 18.5 Å². The number of hydrogen-bond donors (Lipinski definition) is 1. The maximum absolute atomic E-state index is 11.6. The van der Waals surface area contributed by atoms with E-state index in [1.54, 1.807) is 0 Å². The Morgan fingerprint density at radius 2 is 1.96 bits per heavy atom. The van der Waals surface area contributed by atoms with Crippen molar-refractivity contribution in [2.24, 2.45) is 0 Å². The van der Waals surface area contributed by atoms with E-state index < -0.39 is 17.0 Å². The smallest absolute Gasteiger partial charge is 0.336 e. The number of rotatable bonds is 7. The SMILES string of the molecule is C=C(C(=O)OC)C(O)c1cc([N+](=O)[O-])ccc1OCc1ccccc1. The Kier molecular flexibility index (Phi) is 5.86. The van der Waals surface area contributed by atoms with E-state index in [2.05, 4.69) is 11.3 Å². The predicted octanol–water partition coefficient (Wildman–Crippen LogP) is 2.94. The molecule has 1 unspecified atom stereocenters. The normalized spacial score (nSPS) is 11.4. The van der Waals surface area contributed by atoms with Crippen molar-refractivity contribution in [1.82, 2.24) is 0 Å². The number of aliphatic hydroxyl groups excluding tert-OH is 1. The fourth-order valence-corrected chi connectivity index (χ4v) is 2.16. The van der Waals surface area contributed by atoms with Gasteiger partial charge in [-0.25, -0.2) is 4.79 Å². The van der Waals surface area contributed by atoms with Crippen LogP contribution in [0.4, 0.5) is 5.69 Å². The second-order valence-electron chi connectivity index (χ2n) is 5.17. The Labute approximate surface area is 144 Å². The quantitative estimate of drug-likeness (QED) is 0.359. The molecule has 0 fully saturated rings. The van der Waals surface area contributed by atoms with Crippen molar-refractivity contribution in [2.45, 2.75) is 12.7 Å². The van der Waals surface area contributed by atoms with E-state index in [1.807, 2.05) is 30.3 Å². The Hall–Kier alpha value is -3.19. The lowest BCUT2D eigenvalue weighted by Crippen LogP contribution is -2.13. The zero-order valence-electron chi connectivity index (χ0n) is 13.5. The van der Waals surface area contributed by atoms with E-state index in [0.717, 1.165) is 18.7 Å². The van der Waals surface area contributed by atoms with Crippen molar-refractivity contribution >= 4 is 11.7 Å². The third-order valence-electron chi connectivity index (χ3n) is 3.51. The lowest BCUT2D eigenvalue weighted by molar-refractivity contribution is -0.385. The molecule has 0 heterocycles. The van der Waals surface area contributed by atoms with Crippen LogP contribution in [0.25, 0.3) is 0 Å². The average molecular weight is 343 g/mol. The predicted molar refractivity (Wildman–Crippen MR) is 90.0 cm³/mol. The maximum Gasteiger partial charge on any atom is 0.336 e. The number of benzene rings is 2. The molecule has 0 aliphatic carbocycles. The molecule has 7 heteroatoms. The van der Waals surface area contributed by atoms with Gasteiger partial charge in [-0.3, -0.25) is 10.1 Å². The number of nitrogens with zero attached hydrogens (tertiary/aromatic N) is 1. The summed E-state index contributed by atoms with van der Waals surface area (Å²) in [6, 6.07) is 13.1. The maximum atomic E-state index is 11.6. The highest BCUT2D eigenvalue weighted by atomic mass is 16.6. The number of carbonyl (C=O) groups is 1. The van der Waals surface area contributed by atoms with E-state index in [9.17, 15) is 20.0 Å². The van der Waals surface area contributed by atoms with Crippen molar-refractivity contribution in [3.05, 3.63) is 81.9 Å². The van der Waals surface area contributed by atoms with E-state index >= 15 is 0 Å². The van der Waals surface area contributed by atoms with Gasteiger partial charge in [0.25, 0.3) is 5.69 Å². The third-order valence-corrected chi connectivity index (χ3v) is 3.51. The molecule has 1 N–H and O–H groups in total. The minimum atomic E-state index is -1.49. The molecule has 2 rings (SSSR count). The molecular weight excluding hydrogens is 326 g/mol. The first-order chi connectivity index (χ1) is 11.9. The van der Waals surface area contributed by atoms with Gasteiger partial charge in [-0.2, -0.15) is 0 Å². The number of ether oxygens (including phenoxy) is 2. The molecule has 0 amide bonds. The topological polar surface area (TPSA) is 98.9 Å². The molecule has 0 saturated heterocycles. The largest absolute Gasteiger partial charge is 0.489 e. The molecule has 7 nitrogen and oxygen atoms in total. The van der Waals surface area contributed by atoms with E-state index in [-0.39, 0.29) is 29.2 Å². The van der Waals surface area contributed by atoms with Gasteiger partial charge in [-0.05, 0) is 11.6 Å². The highest BCUT2D eigenvalue weighted by Gasteiger charge is 2.24. The molecule has 0 bridgehead atoms. The third kappa shape index (κ3) is 4.42. The van der Waals surface area contributed by atoms with Gasteiger partial charge in [0.2, 0.25) is 0 Å². The fourth-order valence-electron chi connectivity index (χ4n) is 2.16. The molecule has 0 saturated carbocycles. The highest BCUT2D eigenvalue weighted by Crippen LogP contribution is 2.33. The summed E-state index contributed by atoms with van der Waals surface area (Å²) in [5.74, 6) is -0.597. The van der Waals surface area contributed by atoms with Crippen molar-refractivity contribution in [1.29, 1.82) is 0 Å². The number of nitro groups is 1. The summed E-state index contributed by atoms with van der Waals surface area (Å²) in [6.07, 6.45) is -1.49. The van der Waals surface area contributed by atoms with Crippen LogP contribution >= 0.6 is 0 Å².